The van der Waals surface area contributed by atoms with Crippen LogP contribution in [-0.4, -0.2) is 7.05 Å². The lowest BCUT2D eigenvalue weighted by Crippen LogP contribution is -2.14. The predicted octanol–water partition coefficient (Wildman–Crippen LogP) is 2.74. The molecule has 1 aromatic rings. The van der Waals surface area contributed by atoms with Gasteiger partial charge in [0.1, 0.15) is 0 Å². The van der Waals surface area contributed by atoms with Crippen LogP contribution in [0.2, 0.25) is 0 Å². The third kappa shape index (κ3) is 2.08. The van der Waals surface area contributed by atoms with Crippen molar-refractivity contribution in [1.82, 2.24) is 5.32 Å². The summed E-state index contributed by atoms with van der Waals surface area (Å²) in [5, 5.41) is 3.19. The van der Waals surface area contributed by atoms with Gasteiger partial charge in [0, 0.05) is 3.57 Å². The van der Waals surface area contributed by atoms with Gasteiger partial charge >= 0.3 is 0 Å². The Balaban J connectivity index is 3.00. The minimum atomic E-state index is 0.262. The second-order valence-corrected chi connectivity index (χ2v) is 3.69. The quantitative estimate of drug-likeness (QED) is 0.659. The molecule has 1 nitrogen and oxygen atoms in total. The van der Waals surface area contributed by atoms with Gasteiger partial charge in [-0.1, -0.05) is 24.3 Å². The molecule has 1 aromatic carbocycles. The van der Waals surface area contributed by atoms with Crippen molar-refractivity contribution in [3.05, 3.63) is 46.1 Å². The molecule has 64 valence electrons. The van der Waals surface area contributed by atoms with E-state index in [1.807, 2.05) is 25.3 Å². The molecule has 0 aliphatic heterocycles. The van der Waals surface area contributed by atoms with Gasteiger partial charge in [-0.2, -0.15) is 0 Å². The van der Waals surface area contributed by atoms with Crippen LogP contribution in [0, 0.1) is 3.57 Å². The standard InChI is InChI=1S/C10H12IN/c1-3-10(12-2)8-6-4-5-7-9(8)11/h3-7,10,12H,1H2,2H3. The molecule has 0 aliphatic rings. The summed E-state index contributed by atoms with van der Waals surface area (Å²) < 4.78 is 1.27. The second-order valence-electron chi connectivity index (χ2n) is 2.52. The highest BCUT2D eigenvalue weighted by Crippen LogP contribution is 2.19. The SMILES string of the molecule is C=CC(NC)c1ccccc1I. The predicted molar refractivity (Wildman–Crippen MR) is 61.2 cm³/mol. The number of halogens is 1. The van der Waals surface area contributed by atoms with Crippen molar-refractivity contribution < 1.29 is 0 Å². The third-order valence-corrected chi connectivity index (χ3v) is 2.77. The molecule has 1 atom stereocenters. The van der Waals surface area contributed by atoms with Crippen molar-refractivity contribution in [2.75, 3.05) is 7.05 Å². The molecule has 0 spiro atoms. The highest BCUT2D eigenvalue weighted by molar-refractivity contribution is 14.1. The van der Waals surface area contributed by atoms with Gasteiger partial charge in [-0.15, -0.1) is 6.58 Å². The van der Waals surface area contributed by atoms with Crippen LogP contribution in [-0.2, 0) is 0 Å². The minimum Gasteiger partial charge on any atom is -0.310 e. The van der Waals surface area contributed by atoms with Crippen molar-refractivity contribution in [2.45, 2.75) is 6.04 Å². The molecular weight excluding hydrogens is 261 g/mol. The Morgan fingerprint density at radius 1 is 1.50 bits per heavy atom. The van der Waals surface area contributed by atoms with Gasteiger partial charge < -0.3 is 5.32 Å². The lowest BCUT2D eigenvalue weighted by molar-refractivity contribution is 0.713. The molecular formula is C10H12IN. The van der Waals surface area contributed by atoms with Gasteiger partial charge in [-0.25, -0.2) is 0 Å². The zero-order valence-corrected chi connectivity index (χ0v) is 9.21. The maximum absolute atomic E-state index is 3.78. The Hall–Kier alpha value is -0.350. The number of hydrogen-bond donors (Lipinski definition) is 1. The third-order valence-electron chi connectivity index (χ3n) is 1.79. The number of benzene rings is 1. The highest BCUT2D eigenvalue weighted by atomic mass is 127. The van der Waals surface area contributed by atoms with Crippen molar-refractivity contribution in [3.63, 3.8) is 0 Å². The molecule has 0 bridgehead atoms. The first-order valence-corrected chi connectivity index (χ1v) is 4.91. The van der Waals surface area contributed by atoms with E-state index in [9.17, 15) is 0 Å². The lowest BCUT2D eigenvalue weighted by Gasteiger charge is -2.12. The summed E-state index contributed by atoms with van der Waals surface area (Å²) >= 11 is 2.33. The molecule has 1 rings (SSSR count). The Morgan fingerprint density at radius 3 is 2.67 bits per heavy atom. The van der Waals surface area contributed by atoms with E-state index in [2.05, 4.69) is 46.6 Å². The van der Waals surface area contributed by atoms with Crippen LogP contribution in [0.25, 0.3) is 0 Å². The fourth-order valence-electron chi connectivity index (χ4n) is 1.13. The summed E-state index contributed by atoms with van der Waals surface area (Å²) in [5.41, 5.74) is 1.29. The highest BCUT2D eigenvalue weighted by Gasteiger charge is 2.06. The Kier molecular flexibility index (Phi) is 3.75. The van der Waals surface area contributed by atoms with E-state index in [1.165, 1.54) is 9.13 Å². The molecule has 0 aromatic heterocycles. The summed E-state index contributed by atoms with van der Waals surface area (Å²) in [7, 11) is 1.94. The Morgan fingerprint density at radius 2 is 2.17 bits per heavy atom. The smallest absolute Gasteiger partial charge is 0.0511 e. The van der Waals surface area contributed by atoms with Gasteiger partial charge in [0.15, 0.2) is 0 Å². The number of hydrogen-bond acceptors (Lipinski definition) is 1. The summed E-state index contributed by atoms with van der Waals surface area (Å²) in [4.78, 5) is 0. The normalized spacial score (nSPS) is 12.5. The first kappa shape index (κ1) is 9.74. The molecule has 0 radical (unpaired) electrons. The van der Waals surface area contributed by atoms with Gasteiger partial charge in [-0.3, -0.25) is 0 Å². The molecule has 12 heavy (non-hydrogen) atoms. The molecule has 0 fully saturated rings. The van der Waals surface area contributed by atoms with E-state index < -0.39 is 0 Å². The number of nitrogens with one attached hydrogen (secondary N) is 1. The van der Waals surface area contributed by atoms with Gasteiger partial charge in [0.2, 0.25) is 0 Å². The van der Waals surface area contributed by atoms with Crippen molar-refractivity contribution >= 4 is 22.6 Å². The van der Waals surface area contributed by atoms with E-state index in [4.69, 9.17) is 0 Å². The van der Waals surface area contributed by atoms with Gasteiger partial charge in [0.05, 0.1) is 6.04 Å². The molecule has 0 saturated heterocycles. The van der Waals surface area contributed by atoms with Gasteiger partial charge in [-0.05, 0) is 41.3 Å². The van der Waals surface area contributed by atoms with Crippen molar-refractivity contribution in [1.29, 1.82) is 0 Å². The van der Waals surface area contributed by atoms with E-state index in [-0.39, 0.29) is 6.04 Å². The zero-order chi connectivity index (χ0) is 8.97. The average Bonchev–Trinajstić information content (AvgIpc) is 2.10. The summed E-state index contributed by atoms with van der Waals surface area (Å²) in [6.45, 7) is 3.78. The second kappa shape index (κ2) is 4.62. The van der Waals surface area contributed by atoms with E-state index in [0.29, 0.717) is 0 Å². The number of rotatable bonds is 3. The topological polar surface area (TPSA) is 12.0 Å². The fourth-order valence-corrected chi connectivity index (χ4v) is 1.85. The van der Waals surface area contributed by atoms with Crippen LogP contribution in [0.3, 0.4) is 0 Å². The molecule has 0 amide bonds. The molecule has 0 heterocycles. The van der Waals surface area contributed by atoms with Crippen LogP contribution < -0.4 is 5.32 Å². The molecule has 1 N–H and O–H groups in total. The monoisotopic (exact) mass is 273 g/mol. The van der Waals surface area contributed by atoms with Gasteiger partial charge in [0.25, 0.3) is 0 Å². The van der Waals surface area contributed by atoms with E-state index >= 15 is 0 Å². The van der Waals surface area contributed by atoms with Crippen LogP contribution in [0.4, 0.5) is 0 Å². The fraction of sp³-hybridized carbons (Fsp3) is 0.200. The van der Waals surface area contributed by atoms with Crippen LogP contribution in [0.5, 0.6) is 0 Å². The number of likely N-dealkylation sites (N-methyl/N-ethyl adjacent to an activating group) is 1. The maximum Gasteiger partial charge on any atom is 0.0511 e. The van der Waals surface area contributed by atoms with Crippen LogP contribution in [0.15, 0.2) is 36.9 Å². The van der Waals surface area contributed by atoms with E-state index in [1.54, 1.807) is 0 Å². The first-order chi connectivity index (χ1) is 5.79. The molecule has 0 saturated carbocycles. The van der Waals surface area contributed by atoms with Crippen molar-refractivity contribution in [2.24, 2.45) is 0 Å². The largest absolute Gasteiger partial charge is 0.310 e. The average molecular weight is 273 g/mol. The molecule has 2 heteroatoms. The summed E-state index contributed by atoms with van der Waals surface area (Å²) in [5.74, 6) is 0. The molecule has 1 unspecified atom stereocenters. The summed E-state index contributed by atoms with van der Waals surface area (Å²) in [6.07, 6.45) is 1.91. The van der Waals surface area contributed by atoms with E-state index in [0.717, 1.165) is 0 Å². The Labute approximate surface area is 87.0 Å². The lowest BCUT2D eigenvalue weighted by atomic mass is 10.1. The molecule has 0 aliphatic carbocycles. The minimum absolute atomic E-state index is 0.262. The maximum atomic E-state index is 3.78. The zero-order valence-electron chi connectivity index (χ0n) is 7.05. The summed E-state index contributed by atoms with van der Waals surface area (Å²) in [6, 6.07) is 8.57. The van der Waals surface area contributed by atoms with Crippen LogP contribution >= 0.6 is 22.6 Å². The van der Waals surface area contributed by atoms with Crippen molar-refractivity contribution in [3.8, 4) is 0 Å². The van der Waals surface area contributed by atoms with Crippen LogP contribution in [0.1, 0.15) is 11.6 Å². The first-order valence-electron chi connectivity index (χ1n) is 3.84. The Bertz CT molecular complexity index is 270.